The van der Waals surface area contributed by atoms with E-state index in [1.54, 1.807) is 55.4 Å². The normalized spacial score (nSPS) is 13.7. The summed E-state index contributed by atoms with van der Waals surface area (Å²) in [5, 5.41) is 12.6. The third-order valence-corrected chi connectivity index (χ3v) is 3.52. The number of carboxylic acid groups (broad SMARTS) is 1. The minimum Gasteiger partial charge on any atom is -0.480 e. The first-order valence-corrected chi connectivity index (χ1v) is 9.97. The second-order valence-electron chi connectivity index (χ2n) is 8.75. The summed E-state index contributed by atoms with van der Waals surface area (Å²) in [7, 11) is 0. The zero-order chi connectivity index (χ0) is 23.7. The van der Waals surface area contributed by atoms with E-state index < -0.39 is 47.4 Å². The van der Waals surface area contributed by atoms with Crippen LogP contribution in [0.4, 0.5) is 9.59 Å². The molecular weight excluding hydrogens is 396 g/mol. The fraction of sp³-hybridized carbons (Fsp3) is 0.800. The highest BCUT2D eigenvalue weighted by molar-refractivity contribution is 5.93. The first kappa shape index (κ1) is 27.6. The first-order chi connectivity index (χ1) is 13.6. The summed E-state index contributed by atoms with van der Waals surface area (Å²) < 4.78 is 15.3. The number of carbonyl (C=O) groups is 4. The quantitative estimate of drug-likeness (QED) is 0.320. The van der Waals surface area contributed by atoms with Gasteiger partial charge < -0.3 is 24.6 Å². The van der Waals surface area contributed by atoms with Gasteiger partial charge in [0, 0.05) is 0 Å². The van der Waals surface area contributed by atoms with Gasteiger partial charge in [-0.15, -0.1) is 0 Å². The maximum Gasteiger partial charge on any atom is 0.420 e. The topological polar surface area (TPSA) is 131 Å². The molecule has 0 saturated heterocycles. The summed E-state index contributed by atoms with van der Waals surface area (Å²) >= 11 is 0. The number of nitrogens with zero attached hydrogens (tertiary/aromatic N) is 1. The van der Waals surface area contributed by atoms with Crippen LogP contribution in [0.15, 0.2) is 0 Å². The van der Waals surface area contributed by atoms with Gasteiger partial charge >= 0.3 is 24.1 Å². The van der Waals surface area contributed by atoms with E-state index in [0.717, 1.165) is 0 Å². The van der Waals surface area contributed by atoms with Crippen molar-refractivity contribution < 1.29 is 38.5 Å². The Hall–Kier alpha value is -2.36. The standard InChI is InChI=1S/C20H36N2O8/c1-9-28-16(25)13(2)21-12-10-11-14(15(23)24)22(17(26)29-19(3,4)5)18(27)30-20(6,7)8/h13-14,21H,9-12H2,1-8H3,(H,23,24)/t13-,14+/m0/s1. The number of nitrogens with one attached hydrogen (secondary N) is 1. The van der Waals surface area contributed by atoms with E-state index in [2.05, 4.69) is 5.32 Å². The van der Waals surface area contributed by atoms with Crippen molar-refractivity contribution in [3.8, 4) is 0 Å². The average Bonchev–Trinajstić information content (AvgIpc) is 2.53. The first-order valence-electron chi connectivity index (χ1n) is 9.97. The van der Waals surface area contributed by atoms with E-state index >= 15 is 0 Å². The molecule has 0 radical (unpaired) electrons. The number of carbonyl (C=O) groups excluding carboxylic acids is 3. The zero-order valence-electron chi connectivity index (χ0n) is 19.2. The van der Waals surface area contributed by atoms with Crippen LogP contribution in [-0.4, -0.2) is 70.6 Å². The molecular formula is C20H36N2O8. The molecule has 10 heteroatoms. The Morgan fingerprint density at radius 1 is 0.967 bits per heavy atom. The lowest BCUT2D eigenvalue weighted by Crippen LogP contribution is -2.52. The maximum absolute atomic E-state index is 12.6. The molecule has 0 aromatic rings. The van der Waals surface area contributed by atoms with Gasteiger partial charge in [-0.3, -0.25) is 4.79 Å². The number of amides is 2. The van der Waals surface area contributed by atoms with Crippen molar-refractivity contribution >= 4 is 24.1 Å². The zero-order valence-corrected chi connectivity index (χ0v) is 19.2. The average molecular weight is 433 g/mol. The Morgan fingerprint density at radius 2 is 1.43 bits per heavy atom. The van der Waals surface area contributed by atoms with Crippen LogP contribution in [0.5, 0.6) is 0 Å². The molecule has 0 spiro atoms. The van der Waals surface area contributed by atoms with Crippen molar-refractivity contribution in [2.75, 3.05) is 13.2 Å². The third-order valence-electron chi connectivity index (χ3n) is 3.52. The number of aliphatic carboxylic acids is 1. The van der Waals surface area contributed by atoms with Crippen LogP contribution in [0, 0.1) is 0 Å². The van der Waals surface area contributed by atoms with Gasteiger partial charge in [0.25, 0.3) is 0 Å². The molecule has 0 saturated carbocycles. The number of esters is 1. The van der Waals surface area contributed by atoms with Crippen LogP contribution in [-0.2, 0) is 23.8 Å². The highest BCUT2D eigenvalue weighted by Gasteiger charge is 2.40. The molecule has 0 unspecified atom stereocenters. The van der Waals surface area contributed by atoms with Crippen LogP contribution in [0.2, 0.25) is 0 Å². The summed E-state index contributed by atoms with van der Waals surface area (Å²) in [4.78, 5) is 49.2. The summed E-state index contributed by atoms with van der Waals surface area (Å²) in [6.07, 6.45) is -1.99. The van der Waals surface area contributed by atoms with Crippen LogP contribution in [0.25, 0.3) is 0 Å². The number of imide groups is 1. The van der Waals surface area contributed by atoms with Gasteiger partial charge in [-0.2, -0.15) is 4.90 Å². The van der Waals surface area contributed by atoms with Crippen LogP contribution in [0.3, 0.4) is 0 Å². The highest BCUT2D eigenvalue weighted by atomic mass is 16.6. The SMILES string of the molecule is CCOC(=O)[C@H](C)NCCC[C@H](C(=O)O)N(C(=O)OC(C)(C)C)C(=O)OC(C)(C)C. The highest BCUT2D eigenvalue weighted by Crippen LogP contribution is 2.19. The molecule has 10 nitrogen and oxygen atoms in total. The minimum atomic E-state index is -1.49. The maximum atomic E-state index is 12.6. The molecule has 0 aliphatic heterocycles. The van der Waals surface area contributed by atoms with Crippen LogP contribution < -0.4 is 5.32 Å². The molecule has 0 rings (SSSR count). The molecule has 0 aliphatic rings. The lowest BCUT2D eigenvalue weighted by molar-refractivity contribution is -0.145. The Kier molecular flexibility index (Phi) is 10.8. The van der Waals surface area contributed by atoms with Crippen molar-refractivity contribution in [2.45, 2.75) is 91.5 Å². The summed E-state index contributed by atoms with van der Waals surface area (Å²) in [5.74, 6) is -1.79. The van der Waals surface area contributed by atoms with E-state index in [9.17, 15) is 24.3 Å². The minimum absolute atomic E-state index is 0.0592. The van der Waals surface area contributed by atoms with Gasteiger partial charge in [0.15, 0.2) is 0 Å². The molecule has 2 amide bonds. The van der Waals surface area contributed by atoms with E-state index in [1.807, 2.05) is 0 Å². The molecule has 0 aromatic carbocycles. The second kappa shape index (κ2) is 11.7. The molecule has 0 heterocycles. The number of rotatable bonds is 9. The van der Waals surface area contributed by atoms with E-state index in [4.69, 9.17) is 14.2 Å². The number of hydrogen-bond donors (Lipinski definition) is 2. The smallest absolute Gasteiger partial charge is 0.420 e. The molecule has 174 valence electrons. The molecule has 0 aromatic heterocycles. The lowest BCUT2D eigenvalue weighted by Gasteiger charge is -2.31. The molecule has 0 fully saturated rings. The molecule has 0 bridgehead atoms. The van der Waals surface area contributed by atoms with Gasteiger partial charge in [-0.1, -0.05) is 0 Å². The van der Waals surface area contributed by atoms with Crippen molar-refractivity contribution in [1.82, 2.24) is 10.2 Å². The van der Waals surface area contributed by atoms with Crippen molar-refractivity contribution in [3.63, 3.8) is 0 Å². The molecule has 2 N–H and O–H groups in total. The lowest BCUT2D eigenvalue weighted by atomic mass is 10.1. The number of hydrogen-bond acceptors (Lipinski definition) is 8. The van der Waals surface area contributed by atoms with Crippen LogP contribution >= 0.6 is 0 Å². The third kappa shape index (κ3) is 11.0. The fourth-order valence-electron chi connectivity index (χ4n) is 2.28. The Bertz CT molecular complexity index is 579. The summed E-state index contributed by atoms with van der Waals surface area (Å²) in [6, 6.07) is -2.06. The number of ether oxygens (including phenoxy) is 3. The molecule has 2 atom stereocenters. The van der Waals surface area contributed by atoms with E-state index in [-0.39, 0.29) is 26.0 Å². The van der Waals surface area contributed by atoms with Crippen molar-refractivity contribution in [3.05, 3.63) is 0 Å². The second-order valence-corrected chi connectivity index (χ2v) is 8.75. The van der Waals surface area contributed by atoms with Gasteiger partial charge in [0.2, 0.25) is 0 Å². The van der Waals surface area contributed by atoms with Gasteiger partial charge in [-0.05, 0) is 74.8 Å². The van der Waals surface area contributed by atoms with Crippen molar-refractivity contribution in [2.24, 2.45) is 0 Å². The van der Waals surface area contributed by atoms with E-state index in [0.29, 0.717) is 4.90 Å². The van der Waals surface area contributed by atoms with Gasteiger partial charge in [0.05, 0.1) is 6.61 Å². The van der Waals surface area contributed by atoms with Crippen molar-refractivity contribution in [1.29, 1.82) is 0 Å². The van der Waals surface area contributed by atoms with Gasteiger partial charge in [0.1, 0.15) is 23.3 Å². The summed E-state index contributed by atoms with van der Waals surface area (Å²) in [5.41, 5.74) is -1.87. The molecule has 30 heavy (non-hydrogen) atoms. The van der Waals surface area contributed by atoms with Gasteiger partial charge in [-0.25, -0.2) is 14.4 Å². The largest absolute Gasteiger partial charge is 0.480 e. The Morgan fingerprint density at radius 3 is 1.80 bits per heavy atom. The Labute approximate surface area is 178 Å². The predicted octanol–water partition coefficient (Wildman–Crippen LogP) is 2.93. The Balaban J connectivity index is 5.31. The van der Waals surface area contributed by atoms with E-state index in [1.165, 1.54) is 0 Å². The monoisotopic (exact) mass is 432 g/mol. The van der Waals surface area contributed by atoms with Crippen LogP contribution in [0.1, 0.15) is 68.2 Å². The number of carboxylic acids is 1. The predicted molar refractivity (Wildman–Crippen MR) is 109 cm³/mol. The summed E-state index contributed by atoms with van der Waals surface area (Å²) in [6.45, 7) is 13.5. The fourth-order valence-corrected chi connectivity index (χ4v) is 2.28. The molecule has 0 aliphatic carbocycles.